The molecule has 9 heteroatoms. The predicted octanol–water partition coefficient (Wildman–Crippen LogP) is 2.12. The number of anilines is 1. The summed E-state index contributed by atoms with van der Waals surface area (Å²) in [7, 11) is -3.95. The Hall–Kier alpha value is -2.39. The van der Waals surface area contributed by atoms with Crippen molar-refractivity contribution >= 4 is 43.9 Å². The number of aromatic nitrogens is 2. The van der Waals surface area contributed by atoms with Crippen LogP contribution in [0.3, 0.4) is 0 Å². The molecule has 0 amide bonds. The molecule has 0 saturated carbocycles. The summed E-state index contributed by atoms with van der Waals surface area (Å²) in [6.07, 6.45) is 1.57. The van der Waals surface area contributed by atoms with Gasteiger partial charge in [0, 0.05) is 11.1 Å². The number of benzene rings is 1. The average Bonchev–Trinajstić information content (AvgIpc) is 3.06. The summed E-state index contributed by atoms with van der Waals surface area (Å²) in [5.41, 5.74) is 1.12. The number of aromatic amines is 1. The van der Waals surface area contributed by atoms with Gasteiger partial charge in [-0.05, 0) is 29.6 Å². The molecule has 1 aromatic carbocycles. The highest BCUT2D eigenvalue weighted by Crippen LogP contribution is 2.25. The van der Waals surface area contributed by atoms with Gasteiger partial charge in [0.15, 0.2) is 0 Å². The molecule has 21 heavy (non-hydrogen) atoms. The van der Waals surface area contributed by atoms with E-state index in [1.54, 1.807) is 24.4 Å². The van der Waals surface area contributed by atoms with E-state index in [9.17, 15) is 13.2 Å². The van der Waals surface area contributed by atoms with Crippen molar-refractivity contribution in [1.82, 2.24) is 10.2 Å². The molecular weight excluding hydrogens is 314 g/mol. The molecule has 108 valence electrons. The van der Waals surface area contributed by atoms with Crippen molar-refractivity contribution in [3.05, 3.63) is 40.7 Å². The Morgan fingerprint density at radius 2 is 2.14 bits per heavy atom. The maximum Gasteiger partial charge on any atom is 0.347 e. The van der Waals surface area contributed by atoms with Crippen molar-refractivity contribution in [3.63, 3.8) is 0 Å². The van der Waals surface area contributed by atoms with Crippen LogP contribution < -0.4 is 4.72 Å². The summed E-state index contributed by atoms with van der Waals surface area (Å²) in [5, 5.41) is 17.8. The van der Waals surface area contributed by atoms with Gasteiger partial charge in [0.05, 0.1) is 11.7 Å². The SMILES string of the molecule is O=C(O)c1sccc1S(=O)(=O)Nc1ccc2[nH]ncc2c1. The van der Waals surface area contributed by atoms with Gasteiger partial charge in [-0.3, -0.25) is 9.82 Å². The first-order valence-corrected chi connectivity index (χ1v) is 8.10. The third-order valence-electron chi connectivity index (χ3n) is 2.81. The van der Waals surface area contributed by atoms with E-state index in [0.29, 0.717) is 5.69 Å². The summed E-state index contributed by atoms with van der Waals surface area (Å²) in [6.45, 7) is 0. The molecule has 7 nitrogen and oxygen atoms in total. The second-order valence-electron chi connectivity index (χ2n) is 4.20. The fourth-order valence-corrected chi connectivity index (χ4v) is 4.19. The fourth-order valence-electron chi connectivity index (χ4n) is 1.88. The second kappa shape index (κ2) is 4.86. The lowest BCUT2D eigenvalue weighted by Gasteiger charge is -2.07. The Bertz CT molecular complexity index is 927. The predicted molar refractivity (Wildman–Crippen MR) is 78.2 cm³/mol. The molecule has 0 atom stereocenters. The second-order valence-corrected chi connectivity index (χ2v) is 6.76. The number of H-pyrrole nitrogens is 1. The number of hydrogen-bond acceptors (Lipinski definition) is 5. The molecule has 0 spiro atoms. The summed E-state index contributed by atoms with van der Waals surface area (Å²) < 4.78 is 26.9. The lowest BCUT2D eigenvalue weighted by atomic mass is 10.2. The zero-order chi connectivity index (χ0) is 15.0. The van der Waals surface area contributed by atoms with Crippen LogP contribution in [0.1, 0.15) is 9.67 Å². The Morgan fingerprint density at radius 3 is 2.90 bits per heavy atom. The van der Waals surface area contributed by atoms with E-state index >= 15 is 0 Å². The number of nitrogens with one attached hydrogen (secondary N) is 2. The third kappa shape index (κ3) is 2.48. The lowest BCUT2D eigenvalue weighted by molar-refractivity contribution is 0.0698. The van der Waals surface area contributed by atoms with Crippen molar-refractivity contribution in [2.24, 2.45) is 0 Å². The van der Waals surface area contributed by atoms with E-state index in [-0.39, 0.29) is 9.77 Å². The van der Waals surface area contributed by atoms with Crippen LogP contribution in [0.5, 0.6) is 0 Å². The molecule has 0 bridgehead atoms. The fraction of sp³-hybridized carbons (Fsp3) is 0. The summed E-state index contributed by atoms with van der Waals surface area (Å²) in [5.74, 6) is -1.27. The molecule has 3 N–H and O–H groups in total. The zero-order valence-electron chi connectivity index (χ0n) is 10.4. The Balaban J connectivity index is 1.98. The van der Waals surface area contributed by atoms with Gasteiger partial charge in [-0.15, -0.1) is 11.3 Å². The minimum Gasteiger partial charge on any atom is -0.477 e. The highest BCUT2D eigenvalue weighted by atomic mass is 32.2. The maximum absolute atomic E-state index is 12.3. The molecule has 0 aliphatic rings. The van der Waals surface area contributed by atoms with Gasteiger partial charge in [-0.25, -0.2) is 13.2 Å². The number of thiophene rings is 1. The number of carbonyl (C=O) groups is 1. The van der Waals surface area contributed by atoms with Crippen molar-refractivity contribution in [1.29, 1.82) is 0 Å². The molecule has 0 unspecified atom stereocenters. The monoisotopic (exact) mass is 323 g/mol. The summed E-state index contributed by atoms with van der Waals surface area (Å²) in [6, 6.07) is 6.15. The Labute approximate surface area is 123 Å². The van der Waals surface area contributed by atoms with E-state index < -0.39 is 16.0 Å². The molecule has 0 fully saturated rings. The number of carboxylic acid groups (broad SMARTS) is 1. The van der Waals surface area contributed by atoms with Crippen molar-refractivity contribution in [3.8, 4) is 0 Å². The van der Waals surface area contributed by atoms with Crippen LogP contribution in [-0.2, 0) is 10.0 Å². The topological polar surface area (TPSA) is 112 Å². The first-order chi connectivity index (χ1) is 9.97. The van der Waals surface area contributed by atoms with Crippen LogP contribution >= 0.6 is 11.3 Å². The van der Waals surface area contributed by atoms with Crippen LogP contribution in [0.25, 0.3) is 10.9 Å². The molecular formula is C12H9N3O4S2. The molecule has 0 radical (unpaired) electrons. The van der Waals surface area contributed by atoms with E-state index in [1.165, 1.54) is 11.4 Å². The number of rotatable bonds is 4. The first kappa shape index (κ1) is 13.6. The minimum atomic E-state index is -3.95. The molecule has 0 aliphatic heterocycles. The van der Waals surface area contributed by atoms with Crippen molar-refractivity contribution in [2.45, 2.75) is 4.90 Å². The van der Waals surface area contributed by atoms with Crippen LogP contribution in [-0.4, -0.2) is 29.7 Å². The highest BCUT2D eigenvalue weighted by Gasteiger charge is 2.23. The normalized spacial score (nSPS) is 11.6. The molecule has 0 aliphatic carbocycles. The molecule has 3 aromatic rings. The third-order valence-corrected chi connectivity index (χ3v) is 5.26. The number of aromatic carboxylic acids is 1. The Morgan fingerprint density at radius 1 is 1.33 bits per heavy atom. The number of nitrogens with zero attached hydrogens (tertiary/aromatic N) is 1. The molecule has 3 rings (SSSR count). The van der Waals surface area contributed by atoms with Crippen LogP contribution in [0.4, 0.5) is 5.69 Å². The van der Waals surface area contributed by atoms with Crippen molar-refractivity contribution < 1.29 is 18.3 Å². The number of hydrogen-bond donors (Lipinski definition) is 3. The van der Waals surface area contributed by atoms with E-state index in [2.05, 4.69) is 14.9 Å². The number of carboxylic acids is 1. The largest absolute Gasteiger partial charge is 0.477 e. The average molecular weight is 323 g/mol. The zero-order valence-corrected chi connectivity index (χ0v) is 12.0. The van der Waals surface area contributed by atoms with Gasteiger partial charge in [0.1, 0.15) is 9.77 Å². The van der Waals surface area contributed by atoms with Gasteiger partial charge in [-0.2, -0.15) is 5.10 Å². The van der Waals surface area contributed by atoms with Gasteiger partial charge in [0.2, 0.25) is 0 Å². The summed E-state index contributed by atoms with van der Waals surface area (Å²) >= 11 is 0.865. The Kier molecular flexibility index (Phi) is 3.15. The first-order valence-electron chi connectivity index (χ1n) is 5.74. The lowest BCUT2D eigenvalue weighted by Crippen LogP contribution is -2.15. The smallest absolute Gasteiger partial charge is 0.347 e. The van der Waals surface area contributed by atoms with Crippen LogP contribution in [0.2, 0.25) is 0 Å². The highest BCUT2D eigenvalue weighted by molar-refractivity contribution is 7.93. The van der Waals surface area contributed by atoms with E-state index in [4.69, 9.17) is 5.11 Å². The van der Waals surface area contributed by atoms with Gasteiger partial charge in [0.25, 0.3) is 10.0 Å². The van der Waals surface area contributed by atoms with Gasteiger partial charge < -0.3 is 5.11 Å². The standard InChI is InChI=1S/C12H9N3O4S2/c16-12(17)11-10(3-4-20-11)21(18,19)15-8-1-2-9-7(5-8)6-13-14-9/h1-6,15H,(H,13,14)(H,16,17). The summed E-state index contributed by atoms with van der Waals surface area (Å²) in [4.78, 5) is 10.6. The van der Waals surface area contributed by atoms with Gasteiger partial charge >= 0.3 is 5.97 Å². The van der Waals surface area contributed by atoms with Crippen LogP contribution in [0, 0.1) is 0 Å². The molecule has 2 heterocycles. The van der Waals surface area contributed by atoms with Crippen LogP contribution in [0.15, 0.2) is 40.7 Å². The van der Waals surface area contributed by atoms with E-state index in [0.717, 1.165) is 22.2 Å². The van der Waals surface area contributed by atoms with Crippen molar-refractivity contribution in [2.75, 3.05) is 4.72 Å². The molecule has 2 aromatic heterocycles. The molecule has 0 saturated heterocycles. The maximum atomic E-state index is 12.3. The van der Waals surface area contributed by atoms with E-state index in [1.807, 2.05) is 0 Å². The minimum absolute atomic E-state index is 0.216. The quantitative estimate of drug-likeness (QED) is 0.681. The number of fused-ring (bicyclic) bond motifs is 1. The van der Waals surface area contributed by atoms with Gasteiger partial charge in [-0.1, -0.05) is 0 Å². The number of sulfonamides is 1.